The molecule has 4 rings (SSSR count). The van der Waals surface area contributed by atoms with Crippen LogP contribution >= 0.6 is 0 Å². The second-order valence-electron chi connectivity index (χ2n) is 6.93. The molecular formula is C20H22N2O6S. The molecule has 0 spiro atoms. The highest BCUT2D eigenvalue weighted by atomic mass is 32.2. The summed E-state index contributed by atoms with van der Waals surface area (Å²) in [5.41, 5.74) is 0.922. The van der Waals surface area contributed by atoms with Crippen LogP contribution in [-0.4, -0.2) is 57.6 Å². The maximum absolute atomic E-state index is 13.3. The van der Waals surface area contributed by atoms with Crippen molar-refractivity contribution in [2.45, 2.75) is 17.9 Å². The van der Waals surface area contributed by atoms with Gasteiger partial charge in [-0.1, -0.05) is 18.2 Å². The Hall–Kier alpha value is -2.62. The number of benzene rings is 2. The van der Waals surface area contributed by atoms with Gasteiger partial charge in [0.25, 0.3) is 5.91 Å². The van der Waals surface area contributed by atoms with E-state index in [0.717, 1.165) is 0 Å². The van der Waals surface area contributed by atoms with Crippen molar-refractivity contribution in [1.29, 1.82) is 0 Å². The van der Waals surface area contributed by atoms with E-state index < -0.39 is 10.0 Å². The standard InChI is InChI=1S/C20H22N2O6S/c1-14-9-18-17(21-20(23)13-28-18)10-19(14)29(24,25)22-7-8-26-16(11-22)12-27-15-5-3-2-4-6-15/h2-6,9-10,16H,7-8,11-13H2,1H3,(H,21,23)/t16-/m1/s1. The lowest BCUT2D eigenvalue weighted by Gasteiger charge is -2.32. The summed E-state index contributed by atoms with van der Waals surface area (Å²) in [7, 11) is -3.77. The molecule has 1 fully saturated rings. The largest absolute Gasteiger partial charge is 0.491 e. The molecule has 0 aromatic heterocycles. The molecule has 2 aliphatic heterocycles. The highest BCUT2D eigenvalue weighted by Gasteiger charge is 2.33. The third kappa shape index (κ3) is 4.21. The van der Waals surface area contributed by atoms with Gasteiger partial charge in [0.1, 0.15) is 24.2 Å². The van der Waals surface area contributed by atoms with Crippen molar-refractivity contribution in [3.63, 3.8) is 0 Å². The van der Waals surface area contributed by atoms with E-state index in [2.05, 4.69) is 5.32 Å². The number of carbonyl (C=O) groups excluding carboxylic acids is 1. The summed E-state index contributed by atoms with van der Waals surface area (Å²) in [4.78, 5) is 11.7. The monoisotopic (exact) mass is 418 g/mol. The Bertz CT molecular complexity index is 1010. The van der Waals surface area contributed by atoms with Gasteiger partial charge in [0.2, 0.25) is 10.0 Å². The number of para-hydroxylation sites is 1. The van der Waals surface area contributed by atoms with Gasteiger partial charge in [-0.25, -0.2) is 8.42 Å². The van der Waals surface area contributed by atoms with Gasteiger partial charge in [0.15, 0.2) is 6.61 Å². The van der Waals surface area contributed by atoms with Gasteiger partial charge in [-0.15, -0.1) is 0 Å². The number of fused-ring (bicyclic) bond motifs is 1. The van der Waals surface area contributed by atoms with Gasteiger partial charge >= 0.3 is 0 Å². The molecule has 0 aliphatic carbocycles. The van der Waals surface area contributed by atoms with Crippen molar-refractivity contribution in [3.05, 3.63) is 48.0 Å². The van der Waals surface area contributed by atoms with Crippen LogP contribution in [0.1, 0.15) is 5.56 Å². The van der Waals surface area contributed by atoms with Crippen molar-refractivity contribution in [1.82, 2.24) is 4.31 Å². The number of hydrogen-bond donors (Lipinski definition) is 1. The molecule has 9 heteroatoms. The molecule has 0 unspecified atom stereocenters. The first-order chi connectivity index (χ1) is 13.9. The summed E-state index contributed by atoms with van der Waals surface area (Å²) < 4.78 is 44.7. The van der Waals surface area contributed by atoms with Crippen molar-refractivity contribution in [2.24, 2.45) is 0 Å². The summed E-state index contributed by atoms with van der Waals surface area (Å²) in [5, 5.41) is 2.66. The zero-order chi connectivity index (χ0) is 20.4. The SMILES string of the molecule is Cc1cc2c(cc1S(=O)(=O)N1CCO[C@@H](COc3ccccc3)C1)NC(=O)CO2. The quantitative estimate of drug-likeness (QED) is 0.796. The lowest BCUT2D eigenvalue weighted by atomic mass is 10.2. The zero-order valence-electron chi connectivity index (χ0n) is 16.0. The molecule has 1 N–H and O–H groups in total. The van der Waals surface area contributed by atoms with E-state index in [4.69, 9.17) is 14.2 Å². The van der Waals surface area contributed by atoms with E-state index in [-0.39, 0.29) is 49.8 Å². The predicted molar refractivity (Wildman–Crippen MR) is 106 cm³/mol. The van der Waals surface area contributed by atoms with E-state index in [1.165, 1.54) is 10.4 Å². The number of sulfonamides is 1. The molecule has 1 atom stereocenters. The molecule has 2 aromatic rings. The first-order valence-electron chi connectivity index (χ1n) is 9.30. The Balaban J connectivity index is 1.51. The number of amides is 1. The van der Waals surface area contributed by atoms with Gasteiger partial charge in [0, 0.05) is 13.1 Å². The minimum atomic E-state index is -3.77. The number of nitrogens with zero attached hydrogens (tertiary/aromatic N) is 1. The number of rotatable bonds is 5. The maximum Gasteiger partial charge on any atom is 0.262 e. The second kappa shape index (κ2) is 8.02. The molecule has 8 nitrogen and oxygen atoms in total. The Kier molecular flexibility index (Phi) is 5.44. The minimum absolute atomic E-state index is 0.0783. The number of carbonyl (C=O) groups is 1. The number of anilines is 1. The van der Waals surface area contributed by atoms with Gasteiger partial charge in [-0.05, 0) is 36.8 Å². The third-order valence-corrected chi connectivity index (χ3v) is 6.82. The van der Waals surface area contributed by atoms with Gasteiger partial charge < -0.3 is 19.5 Å². The summed E-state index contributed by atoms with van der Waals surface area (Å²) in [6.07, 6.45) is -0.375. The fraction of sp³-hybridized carbons (Fsp3) is 0.350. The number of ether oxygens (including phenoxy) is 3. The molecule has 2 heterocycles. The van der Waals surface area contributed by atoms with Crippen molar-refractivity contribution >= 4 is 21.6 Å². The number of aryl methyl sites for hydroxylation is 1. The fourth-order valence-electron chi connectivity index (χ4n) is 3.34. The fourth-order valence-corrected chi connectivity index (χ4v) is 5.03. The molecule has 154 valence electrons. The van der Waals surface area contributed by atoms with Crippen LogP contribution in [0.3, 0.4) is 0 Å². The number of hydrogen-bond acceptors (Lipinski definition) is 6. The number of morpholine rings is 1. The van der Waals surface area contributed by atoms with Crippen LogP contribution in [0.2, 0.25) is 0 Å². The summed E-state index contributed by atoms with van der Waals surface area (Å²) in [6, 6.07) is 12.4. The van der Waals surface area contributed by atoms with Crippen LogP contribution in [0.25, 0.3) is 0 Å². The molecule has 0 bridgehead atoms. The lowest BCUT2D eigenvalue weighted by molar-refractivity contribution is -0.118. The van der Waals surface area contributed by atoms with Gasteiger partial charge in [0.05, 0.1) is 17.2 Å². The van der Waals surface area contributed by atoms with Gasteiger partial charge in [-0.3, -0.25) is 4.79 Å². The normalized spacial score (nSPS) is 19.8. The Morgan fingerprint density at radius 1 is 1.24 bits per heavy atom. The first kappa shape index (κ1) is 19.7. The molecule has 2 aromatic carbocycles. The van der Waals surface area contributed by atoms with Crippen LogP contribution in [-0.2, 0) is 19.6 Å². The lowest BCUT2D eigenvalue weighted by Crippen LogP contribution is -2.47. The molecule has 1 saturated heterocycles. The van der Waals surface area contributed by atoms with E-state index in [1.54, 1.807) is 13.0 Å². The smallest absolute Gasteiger partial charge is 0.262 e. The summed E-state index contributed by atoms with van der Waals surface area (Å²) in [6.45, 7) is 2.61. The third-order valence-electron chi connectivity index (χ3n) is 4.81. The first-order valence-corrected chi connectivity index (χ1v) is 10.7. The topological polar surface area (TPSA) is 94.2 Å². The maximum atomic E-state index is 13.3. The van der Waals surface area contributed by atoms with Crippen molar-refractivity contribution in [2.75, 3.05) is 38.2 Å². The molecule has 1 amide bonds. The minimum Gasteiger partial charge on any atom is -0.491 e. The molecule has 0 saturated carbocycles. The molecular weight excluding hydrogens is 396 g/mol. The van der Waals surface area contributed by atoms with Crippen LogP contribution in [0.5, 0.6) is 11.5 Å². The highest BCUT2D eigenvalue weighted by Crippen LogP contribution is 2.34. The average molecular weight is 418 g/mol. The Morgan fingerprint density at radius 2 is 2.03 bits per heavy atom. The Labute approximate surface area is 169 Å². The van der Waals surface area contributed by atoms with E-state index in [0.29, 0.717) is 22.7 Å². The summed E-state index contributed by atoms with van der Waals surface area (Å²) >= 11 is 0. The molecule has 29 heavy (non-hydrogen) atoms. The van der Waals surface area contributed by atoms with E-state index in [1.807, 2.05) is 30.3 Å². The van der Waals surface area contributed by atoms with E-state index in [9.17, 15) is 13.2 Å². The number of nitrogens with one attached hydrogen (secondary N) is 1. The zero-order valence-corrected chi connectivity index (χ0v) is 16.8. The van der Waals surface area contributed by atoms with Crippen LogP contribution in [0.15, 0.2) is 47.4 Å². The highest BCUT2D eigenvalue weighted by molar-refractivity contribution is 7.89. The van der Waals surface area contributed by atoms with Gasteiger partial charge in [-0.2, -0.15) is 4.31 Å². The average Bonchev–Trinajstić information content (AvgIpc) is 2.73. The van der Waals surface area contributed by atoms with E-state index >= 15 is 0 Å². The van der Waals surface area contributed by atoms with Crippen LogP contribution < -0.4 is 14.8 Å². The second-order valence-corrected chi connectivity index (χ2v) is 8.84. The van der Waals surface area contributed by atoms with Crippen LogP contribution in [0, 0.1) is 6.92 Å². The Morgan fingerprint density at radius 3 is 2.83 bits per heavy atom. The van der Waals surface area contributed by atoms with Crippen molar-refractivity contribution in [3.8, 4) is 11.5 Å². The molecule has 2 aliphatic rings. The molecule has 0 radical (unpaired) electrons. The van der Waals surface area contributed by atoms with Crippen LogP contribution in [0.4, 0.5) is 5.69 Å². The predicted octanol–water partition coefficient (Wildman–Crippen LogP) is 1.79. The summed E-state index contributed by atoms with van der Waals surface area (Å²) in [5.74, 6) is 0.865. The van der Waals surface area contributed by atoms with Crippen molar-refractivity contribution < 1.29 is 27.4 Å².